The average Bonchev–Trinajstić information content (AvgIpc) is 2.41. The third-order valence-corrected chi connectivity index (χ3v) is 2.89. The Bertz CT molecular complexity index is 624. The summed E-state index contributed by atoms with van der Waals surface area (Å²) in [6.07, 6.45) is 0. The molecule has 0 atom stereocenters. The van der Waals surface area contributed by atoms with E-state index in [1.54, 1.807) is 18.2 Å². The number of nitrogens with two attached hydrogens (primary N) is 1. The van der Waals surface area contributed by atoms with Gasteiger partial charge in [0.25, 0.3) is 5.91 Å². The highest BCUT2D eigenvalue weighted by Crippen LogP contribution is 2.25. The van der Waals surface area contributed by atoms with Crippen molar-refractivity contribution in [3.8, 4) is 5.75 Å². The molecule has 0 saturated heterocycles. The minimum absolute atomic E-state index is 0.241. The molecule has 0 saturated carbocycles. The van der Waals surface area contributed by atoms with Gasteiger partial charge in [-0.05, 0) is 43.7 Å². The first kappa shape index (κ1) is 13.9. The van der Waals surface area contributed by atoms with Crippen LogP contribution in [-0.4, -0.2) is 12.5 Å². The first-order chi connectivity index (χ1) is 9.61. The maximum absolute atomic E-state index is 12.3. The molecule has 0 aliphatic carbocycles. The second-order valence-corrected chi connectivity index (χ2v) is 4.47. The zero-order chi connectivity index (χ0) is 14.5. The molecule has 104 valence electrons. The largest absolute Gasteiger partial charge is 0.492 e. The van der Waals surface area contributed by atoms with Gasteiger partial charge in [-0.1, -0.05) is 18.2 Å². The lowest BCUT2D eigenvalue weighted by molar-refractivity contribution is 0.102. The summed E-state index contributed by atoms with van der Waals surface area (Å²) < 4.78 is 5.48. The van der Waals surface area contributed by atoms with Crippen molar-refractivity contribution in [3.05, 3.63) is 53.6 Å². The average molecular weight is 270 g/mol. The van der Waals surface area contributed by atoms with Crippen LogP contribution in [0.1, 0.15) is 22.8 Å². The number of para-hydroxylation sites is 2. The van der Waals surface area contributed by atoms with E-state index in [0.717, 1.165) is 5.56 Å². The van der Waals surface area contributed by atoms with Gasteiger partial charge < -0.3 is 15.8 Å². The molecule has 0 aliphatic rings. The summed E-state index contributed by atoms with van der Waals surface area (Å²) in [7, 11) is 0. The van der Waals surface area contributed by atoms with E-state index in [9.17, 15) is 4.79 Å². The van der Waals surface area contributed by atoms with Crippen LogP contribution in [0.2, 0.25) is 0 Å². The number of nitrogens with one attached hydrogen (secondary N) is 1. The molecule has 0 aliphatic heterocycles. The van der Waals surface area contributed by atoms with Crippen LogP contribution < -0.4 is 15.8 Å². The predicted molar refractivity (Wildman–Crippen MR) is 81.2 cm³/mol. The topological polar surface area (TPSA) is 64.3 Å². The standard InChI is InChI=1S/C16H18N2O2/c1-3-20-15-7-5-4-6-14(15)18-16(19)12-9-8-11(2)10-13(12)17/h4-10H,3,17H2,1-2H3,(H,18,19). The number of carbonyl (C=O) groups excluding carboxylic acids is 1. The van der Waals surface area contributed by atoms with Crippen LogP contribution in [0.3, 0.4) is 0 Å². The van der Waals surface area contributed by atoms with E-state index in [-0.39, 0.29) is 5.91 Å². The number of hydrogen-bond donors (Lipinski definition) is 2. The van der Waals surface area contributed by atoms with Crippen LogP contribution in [0.4, 0.5) is 11.4 Å². The molecule has 4 nitrogen and oxygen atoms in total. The van der Waals surface area contributed by atoms with Gasteiger partial charge in [-0.15, -0.1) is 0 Å². The lowest BCUT2D eigenvalue weighted by atomic mass is 10.1. The summed E-state index contributed by atoms with van der Waals surface area (Å²) in [5, 5.41) is 2.83. The molecule has 2 rings (SSSR count). The number of amides is 1. The van der Waals surface area contributed by atoms with Gasteiger partial charge in [0.05, 0.1) is 17.9 Å². The second-order valence-electron chi connectivity index (χ2n) is 4.47. The maximum atomic E-state index is 12.3. The number of aryl methyl sites for hydroxylation is 1. The van der Waals surface area contributed by atoms with E-state index in [4.69, 9.17) is 10.5 Å². The number of anilines is 2. The number of hydrogen-bond acceptors (Lipinski definition) is 3. The molecule has 4 heteroatoms. The number of ether oxygens (including phenoxy) is 1. The Labute approximate surface area is 118 Å². The molecule has 3 N–H and O–H groups in total. The molecular formula is C16H18N2O2. The van der Waals surface area contributed by atoms with E-state index in [2.05, 4.69) is 5.32 Å². The van der Waals surface area contributed by atoms with Crippen LogP contribution in [0.25, 0.3) is 0 Å². The van der Waals surface area contributed by atoms with Gasteiger partial charge in [-0.3, -0.25) is 4.79 Å². The molecule has 0 aromatic heterocycles. The van der Waals surface area contributed by atoms with Crippen molar-refractivity contribution in [1.29, 1.82) is 0 Å². The number of benzene rings is 2. The zero-order valence-electron chi connectivity index (χ0n) is 11.6. The van der Waals surface area contributed by atoms with Crippen LogP contribution in [0.5, 0.6) is 5.75 Å². The number of carbonyl (C=O) groups is 1. The SMILES string of the molecule is CCOc1ccccc1NC(=O)c1ccc(C)cc1N. The Kier molecular flexibility index (Phi) is 4.25. The predicted octanol–water partition coefficient (Wildman–Crippen LogP) is 3.23. The molecule has 20 heavy (non-hydrogen) atoms. The molecule has 2 aromatic rings. The molecule has 0 heterocycles. The van der Waals surface area contributed by atoms with Crippen molar-refractivity contribution in [3.63, 3.8) is 0 Å². The summed E-state index contributed by atoms with van der Waals surface area (Å²) in [5.41, 5.74) is 8.47. The lowest BCUT2D eigenvalue weighted by Gasteiger charge is -2.12. The van der Waals surface area contributed by atoms with E-state index in [0.29, 0.717) is 29.3 Å². The van der Waals surface area contributed by atoms with E-state index in [1.165, 1.54) is 0 Å². The van der Waals surface area contributed by atoms with Crippen molar-refractivity contribution >= 4 is 17.3 Å². The molecular weight excluding hydrogens is 252 g/mol. The van der Waals surface area contributed by atoms with Gasteiger partial charge in [0.15, 0.2) is 0 Å². The smallest absolute Gasteiger partial charge is 0.257 e. The molecule has 0 radical (unpaired) electrons. The summed E-state index contributed by atoms with van der Waals surface area (Å²) in [6, 6.07) is 12.7. The van der Waals surface area contributed by atoms with Gasteiger partial charge in [0, 0.05) is 5.69 Å². The van der Waals surface area contributed by atoms with Crippen molar-refractivity contribution in [1.82, 2.24) is 0 Å². The summed E-state index contributed by atoms with van der Waals surface area (Å²) in [5.74, 6) is 0.406. The zero-order valence-corrected chi connectivity index (χ0v) is 11.6. The summed E-state index contributed by atoms with van der Waals surface area (Å²) in [4.78, 5) is 12.3. The van der Waals surface area contributed by atoms with Crippen LogP contribution in [0, 0.1) is 6.92 Å². The van der Waals surface area contributed by atoms with Crippen molar-refractivity contribution in [2.75, 3.05) is 17.7 Å². The van der Waals surface area contributed by atoms with Gasteiger partial charge in [-0.2, -0.15) is 0 Å². The fraction of sp³-hybridized carbons (Fsp3) is 0.188. The highest BCUT2D eigenvalue weighted by molar-refractivity contribution is 6.08. The molecule has 2 aromatic carbocycles. The first-order valence-corrected chi connectivity index (χ1v) is 6.51. The van der Waals surface area contributed by atoms with Crippen LogP contribution in [0.15, 0.2) is 42.5 Å². The lowest BCUT2D eigenvalue weighted by Crippen LogP contribution is -2.15. The van der Waals surface area contributed by atoms with Crippen LogP contribution >= 0.6 is 0 Å². The Morgan fingerprint density at radius 2 is 2.00 bits per heavy atom. The third kappa shape index (κ3) is 3.09. The monoisotopic (exact) mass is 270 g/mol. The van der Waals surface area contributed by atoms with Crippen LogP contribution in [-0.2, 0) is 0 Å². The van der Waals surface area contributed by atoms with Crippen molar-refractivity contribution < 1.29 is 9.53 Å². The Morgan fingerprint density at radius 3 is 2.70 bits per heavy atom. The van der Waals surface area contributed by atoms with E-state index < -0.39 is 0 Å². The molecule has 0 spiro atoms. The summed E-state index contributed by atoms with van der Waals surface area (Å²) in [6.45, 7) is 4.37. The number of rotatable bonds is 4. The quantitative estimate of drug-likeness (QED) is 0.838. The summed E-state index contributed by atoms with van der Waals surface area (Å²) >= 11 is 0. The normalized spacial score (nSPS) is 10.1. The van der Waals surface area contributed by atoms with Gasteiger partial charge in [-0.25, -0.2) is 0 Å². The van der Waals surface area contributed by atoms with E-state index >= 15 is 0 Å². The Balaban J connectivity index is 2.23. The number of nitrogen functional groups attached to an aromatic ring is 1. The minimum Gasteiger partial charge on any atom is -0.492 e. The highest BCUT2D eigenvalue weighted by atomic mass is 16.5. The molecule has 1 amide bonds. The fourth-order valence-electron chi connectivity index (χ4n) is 1.93. The molecule has 0 bridgehead atoms. The fourth-order valence-corrected chi connectivity index (χ4v) is 1.93. The highest BCUT2D eigenvalue weighted by Gasteiger charge is 2.12. The minimum atomic E-state index is -0.241. The Hall–Kier alpha value is -2.49. The van der Waals surface area contributed by atoms with Gasteiger partial charge in [0.2, 0.25) is 0 Å². The molecule has 0 unspecified atom stereocenters. The first-order valence-electron chi connectivity index (χ1n) is 6.51. The maximum Gasteiger partial charge on any atom is 0.257 e. The van der Waals surface area contributed by atoms with Gasteiger partial charge in [0.1, 0.15) is 5.75 Å². The second kappa shape index (κ2) is 6.10. The van der Waals surface area contributed by atoms with Gasteiger partial charge >= 0.3 is 0 Å². The molecule has 0 fully saturated rings. The Morgan fingerprint density at radius 1 is 1.25 bits per heavy atom. The van der Waals surface area contributed by atoms with Crippen molar-refractivity contribution in [2.24, 2.45) is 0 Å². The third-order valence-electron chi connectivity index (χ3n) is 2.89. The van der Waals surface area contributed by atoms with Crippen molar-refractivity contribution in [2.45, 2.75) is 13.8 Å². The van der Waals surface area contributed by atoms with E-state index in [1.807, 2.05) is 38.1 Å².